The molecule has 7 heteroatoms. The molecule has 2 aromatic rings. The van der Waals surface area contributed by atoms with Gasteiger partial charge in [-0.25, -0.2) is 4.79 Å². The van der Waals surface area contributed by atoms with Crippen LogP contribution in [0.3, 0.4) is 0 Å². The zero-order valence-corrected chi connectivity index (χ0v) is 16.2. The van der Waals surface area contributed by atoms with Crippen LogP contribution < -0.4 is 18.9 Å². The molecule has 0 saturated carbocycles. The zero-order valence-electron chi connectivity index (χ0n) is 16.2. The summed E-state index contributed by atoms with van der Waals surface area (Å²) in [6, 6.07) is 10.1. The van der Waals surface area contributed by atoms with Crippen molar-refractivity contribution in [3.8, 4) is 23.0 Å². The molecule has 0 heterocycles. The molecular formula is C21H22O7. The summed E-state index contributed by atoms with van der Waals surface area (Å²) in [4.78, 5) is 24.2. The molecule has 0 N–H and O–H groups in total. The van der Waals surface area contributed by atoms with E-state index >= 15 is 0 Å². The molecule has 0 aliphatic heterocycles. The number of hydrogen-bond donors (Lipinski definition) is 0. The van der Waals surface area contributed by atoms with E-state index in [1.54, 1.807) is 36.4 Å². The van der Waals surface area contributed by atoms with Gasteiger partial charge >= 0.3 is 5.97 Å². The lowest BCUT2D eigenvalue weighted by Gasteiger charge is -2.12. The van der Waals surface area contributed by atoms with Gasteiger partial charge in [0.05, 0.1) is 34.0 Å². The van der Waals surface area contributed by atoms with E-state index in [1.165, 1.54) is 40.6 Å². The van der Waals surface area contributed by atoms with Crippen LogP contribution in [-0.2, 0) is 9.53 Å². The van der Waals surface area contributed by atoms with Gasteiger partial charge in [-0.1, -0.05) is 12.1 Å². The van der Waals surface area contributed by atoms with E-state index in [0.717, 1.165) is 0 Å². The van der Waals surface area contributed by atoms with E-state index in [2.05, 4.69) is 0 Å². The molecule has 148 valence electrons. The molecule has 0 atom stereocenters. The van der Waals surface area contributed by atoms with E-state index < -0.39 is 12.6 Å². The van der Waals surface area contributed by atoms with Gasteiger partial charge in [0.25, 0.3) is 0 Å². The molecule has 0 aromatic heterocycles. The third kappa shape index (κ3) is 5.03. The van der Waals surface area contributed by atoms with Crippen LogP contribution in [0.4, 0.5) is 0 Å². The van der Waals surface area contributed by atoms with Crippen molar-refractivity contribution in [3.05, 3.63) is 53.6 Å². The third-order valence-electron chi connectivity index (χ3n) is 3.85. The Bertz CT molecular complexity index is 846. The van der Waals surface area contributed by atoms with Crippen LogP contribution in [0.2, 0.25) is 0 Å². The number of para-hydroxylation sites is 1. The van der Waals surface area contributed by atoms with Gasteiger partial charge in [0.2, 0.25) is 11.5 Å². The maximum atomic E-state index is 12.2. The summed E-state index contributed by atoms with van der Waals surface area (Å²) in [5.74, 6) is 0.787. The Balaban J connectivity index is 2.05. The predicted octanol–water partition coefficient (Wildman–Crippen LogP) is 3.16. The van der Waals surface area contributed by atoms with Crippen molar-refractivity contribution < 1.29 is 33.3 Å². The molecule has 0 saturated heterocycles. The van der Waals surface area contributed by atoms with Gasteiger partial charge in [-0.15, -0.1) is 0 Å². The number of carbonyl (C=O) groups excluding carboxylic acids is 2. The Hall–Kier alpha value is -3.48. The minimum Gasteiger partial charge on any atom is -0.496 e. The Labute approximate surface area is 163 Å². The topological polar surface area (TPSA) is 80.3 Å². The fraction of sp³-hybridized carbons (Fsp3) is 0.238. The number of methoxy groups -OCH3 is 4. The lowest BCUT2D eigenvalue weighted by Crippen LogP contribution is -2.13. The summed E-state index contributed by atoms with van der Waals surface area (Å²) in [5, 5.41) is 0. The maximum Gasteiger partial charge on any atom is 0.331 e. The Morgan fingerprint density at radius 2 is 1.46 bits per heavy atom. The van der Waals surface area contributed by atoms with Crippen molar-refractivity contribution in [2.45, 2.75) is 0 Å². The van der Waals surface area contributed by atoms with Crippen LogP contribution in [0.5, 0.6) is 23.0 Å². The van der Waals surface area contributed by atoms with Crippen LogP contribution in [0.15, 0.2) is 42.5 Å². The Kier molecular flexibility index (Phi) is 7.45. The molecule has 0 aliphatic carbocycles. The molecule has 0 spiro atoms. The number of ether oxygens (including phenoxy) is 5. The fourth-order valence-corrected chi connectivity index (χ4v) is 2.50. The minimum absolute atomic E-state index is 0.353. The summed E-state index contributed by atoms with van der Waals surface area (Å²) in [5.41, 5.74) is 0.994. The number of rotatable bonds is 9. The number of esters is 1. The molecule has 2 rings (SSSR count). The molecule has 0 fully saturated rings. The summed E-state index contributed by atoms with van der Waals surface area (Å²) >= 11 is 0. The normalized spacial score (nSPS) is 10.4. The van der Waals surface area contributed by atoms with Crippen LogP contribution in [0.1, 0.15) is 15.9 Å². The summed E-state index contributed by atoms with van der Waals surface area (Å²) in [6.45, 7) is -0.390. The quantitative estimate of drug-likeness (QED) is 0.372. The second-order valence-corrected chi connectivity index (χ2v) is 5.52. The molecule has 0 bridgehead atoms. The first-order valence-electron chi connectivity index (χ1n) is 8.35. The summed E-state index contributed by atoms with van der Waals surface area (Å²) < 4.78 is 25.9. The van der Waals surface area contributed by atoms with Crippen LogP contribution in [0, 0.1) is 0 Å². The van der Waals surface area contributed by atoms with E-state index in [9.17, 15) is 9.59 Å². The second kappa shape index (κ2) is 10.0. The van der Waals surface area contributed by atoms with Crippen molar-refractivity contribution >= 4 is 17.8 Å². The van der Waals surface area contributed by atoms with Gasteiger partial charge in [-0.2, -0.15) is 0 Å². The molecule has 0 radical (unpaired) electrons. The fourth-order valence-electron chi connectivity index (χ4n) is 2.50. The number of hydrogen-bond acceptors (Lipinski definition) is 7. The molecule has 0 amide bonds. The largest absolute Gasteiger partial charge is 0.496 e. The summed E-state index contributed by atoms with van der Waals surface area (Å²) in [6.07, 6.45) is 2.75. The third-order valence-corrected chi connectivity index (χ3v) is 3.85. The highest BCUT2D eigenvalue weighted by Crippen LogP contribution is 2.38. The van der Waals surface area contributed by atoms with Crippen molar-refractivity contribution in [1.29, 1.82) is 0 Å². The summed E-state index contributed by atoms with van der Waals surface area (Å²) in [7, 11) is 5.98. The standard InChI is InChI=1S/C21H22O7/c1-24-17-8-6-5-7-15(17)16(22)13-28-20(23)10-9-14-11-18(25-2)21(27-4)19(12-14)26-3/h5-12H,13H2,1-4H3/b10-9+. The molecule has 0 aliphatic rings. The van der Waals surface area contributed by atoms with Gasteiger partial charge in [-0.05, 0) is 35.9 Å². The van der Waals surface area contributed by atoms with Crippen LogP contribution in [-0.4, -0.2) is 46.8 Å². The highest BCUT2D eigenvalue weighted by atomic mass is 16.5. The Morgan fingerprint density at radius 3 is 2.04 bits per heavy atom. The highest BCUT2D eigenvalue weighted by Gasteiger charge is 2.14. The average Bonchev–Trinajstić information content (AvgIpc) is 2.74. The molecule has 2 aromatic carbocycles. The van der Waals surface area contributed by atoms with Gasteiger partial charge in [0, 0.05) is 6.08 Å². The van der Waals surface area contributed by atoms with E-state index in [1.807, 2.05) is 0 Å². The Morgan fingerprint density at radius 1 is 0.857 bits per heavy atom. The van der Waals surface area contributed by atoms with E-state index in [0.29, 0.717) is 34.1 Å². The monoisotopic (exact) mass is 386 g/mol. The first-order valence-corrected chi connectivity index (χ1v) is 8.35. The lowest BCUT2D eigenvalue weighted by molar-refractivity contribution is -0.136. The maximum absolute atomic E-state index is 12.2. The SMILES string of the molecule is COc1ccccc1C(=O)COC(=O)/C=C/c1cc(OC)c(OC)c(OC)c1. The number of benzene rings is 2. The second-order valence-electron chi connectivity index (χ2n) is 5.52. The van der Waals surface area contributed by atoms with E-state index in [4.69, 9.17) is 23.7 Å². The number of ketones is 1. The van der Waals surface area contributed by atoms with Gasteiger partial charge in [0.1, 0.15) is 5.75 Å². The molecule has 7 nitrogen and oxygen atoms in total. The van der Waals surface area contributed by atoms with Crippen LogP contribution >= 0.6 is 0 Å². The van der Waals surface area contributed by atoms with Gasteiger partial charge in [0.15, 0.2) is 18.1 Å². The van der Waals surface area contributed by atoms with E-state index in [-0.39, 0.29) is 5.78 Å². The van der Waals surface area contributed by atoms with Gasteiger partial charge in [-0.3, -0.25) is 4.79 Å². The highest BCUT2D eigenvalue weighted by molar-refractivity contribution is 6.01. The number of Topliss-reactive ketones (excluding diaryl/α,β-unsaturated/α-hetero) is 1. The first-order chi connectivity index (χ1) is 13.5. The smallest absolute Gasteiger partial charge is 0.331 e. The zero-order chi connectivity index (χ0) is 20.5. The molecule has 0 unspecified atom stereocenters. The number of carbonyl (C=O) groups is 2. The van der Waals surface area contributed by atoms with Crippen molar-refractivity contribution in [2.75, 3.05) is 35.0 Å². The van der Waals surface area contributed by atoms with Crippen molar-refractivity contribution in [2.24, 2.45) is 0 Å². The van der Waals surface area contributed by atoms with Gasteiger partial charge < -0.3 is 23.7 Å². The average molecular weight is 386 g/mol. The van der Waals surface area contributed by atoms with Crippen molar-refractivity contribution in [1.82, 2.24) is 0 Å². The first kappa shape index (κ1) is 20.8. The molecular weight excluding hydrogens is 364 g/mol. The lowest BCUT2D eigenvalue weighted by atomic mass is 10.1. The van der Waals surface area contributed by atoms with Crippen LogP contribution in [0.25, 0.3) is 6.08 Å². The minimum atomic E-state index is -0.656. The van der Waals surface area contributed by atoms with Crippen molar-refractivity contribution in [3.63, 3.8) is 0 Å². The predicted molar refractivity (Wildman–Crippen MR) is 103 cm³/mol. The molecule has 28 heavy (non-hydrogen) atoms.